The summed E-state index contributed by atoms with van der Waals surface area (Å²) in [6.45, 7) is 1.11. The Morgan fingerprint density at radius 2 is 1.76 bits per heavy atom. The number of amides is 1. The minimum atomic E-state index is 0.0190. The maximum Gasteiger partial charge on any atom is 0.224 e. The molecule has 5 nitrogen and oxygen atoms in total. The molecule has 4 rings (SSSR count). The normalized spacial score (nSPS) is 10.8. The third-order valence-corrected chi connectivity index (χ3v) is 4.70. The molecule has 0 aliphatic rings. The number of aromatic nitrogens is 2. The first-order chi connectivity index (χ1) is 14.3. The second-order valence-electron chi connectivity index (χ2n) is 6.82. The van der Waals surface area contributed by atoms with E-state index in [9.17, 15) is 4.79 Å². The van der Waals surface area contributed by atoms with Crippen molar-refractivity contribution in [2.75, 3.05) is 13.2 Å². The fraction of sp³-hybridized carbons (Fsp3) is 0.167. The molecule has 0 atom stereocenters. The van der Waals surface area contributed by atoms with Crippen LogP contribution in [-0.4, -0.2) is 28.6 Å². The van der Waals surface area contributed by atoms with Crippen LogP contribution in [0.3, 0.4) is 0 Å². The van der Waals surface area contributed by atoms with E-state index in [-0.39, 0.29) is 5.91 Å². The first-order valence-electron chi connectivity index (χ1n) is 9.75. The lowest BCUT2D eigenvalue weighted by Crippen LogP contribution is -2.27. The topological polar surface area (TPSA) is 56.2 Å². The average molecular weight is 385 g/mol. The van der Waals surface area contributed by atoms with Crippen LogP contribution < -0.4 is 10.1 Å². The van der Waals surface area contributed by atoms with Crippen LogP contribution in [0.2, 0.25) is 0 Å². The predicted molar refractivity (Wildman–Crippen MR) is 114 cm³/mol. The molecule has 0 saturated carbocycles. The summed E-state index contributed by atoms with van der Waals surface area (Å²) >= 11 is 0. The molecule has 2 aromatic carbocycles. The number of benzene rings is 2. The molecule has 0 aliphatic heterocycles. The zero-order valence-corrected chi connectivity index (χ0v) is 16.1. The highest BCUT2D eigenvalue weighted by atomic mass is 16.5. The Bertz CT molecular complexity index is 1070. The Morgan fingerprint density at radius 1 is 0.966 bits per heavy atom. The second kappa shape index (κ2) is 9.06. The molecule has 0 radical (unpaired) electrons. The number of fused-ring (bicyclic) bond motifs is 1. The molecule has 0 unspecified atom stereocenters. The lowest BCUT2D eigenvalue weighted by atomic mass is 10.1. The van der Waals surface area contributed by atoms with Crippen LogP contribution in [-0.2, 0) is 11.2 Å². The third-order valence-electron chi connectivity index (χ3n) is 4.70. The van der Waals surface area contributed by atoms with Crippen molar-refractivity contribution in [2.45, 2.75) is 12.8 Å². The molecular weight excluding hydrogens is 362 g/mol. The maximum atomic E-state index is 12.2. The van der Waals surface area contributed by atoms with E-state index in [1.54, 1.807) is 6.20 Å². The highest BCUT2D eigenvalue weighted by Gasteiger charge is 2.05. The Balaban J connectivity index is 1.20. The van der Waals surface area contributed by atoms with Crippen molar-refractivity contribution < 1.29 is 9.53 Å². The summed E-state index contributed by atoms with van der Waals surface area (Å²) in [6.07, 6.45) is 6.87. The van der Waals surface area contributed by atoms with Gasteiger partial charge in [0.1, 0.15) is 11.3 Å². The van der Waals surface area contributed by atoms with Gasteiger partial charge in [-0.2, -0.15) is 0 Å². The van der Waals surface area contributed by atoms with Crippen molar-refractivity contribution >= 4 is 16.8 Å². The number of nitrogens with zero attached hydrogens (tertiary/aromatic N) is 2. The highest BCUT2D eigenvalue weighted by molar-refractivity contribution is 5.84. The molecule has 1 N–H and O–H groups in total. The molecule has 0 saturated heterocycles. The van der Waals surface area contributed by atoms with E-state index in [1.807, 2.05) is 83.7 Å². The van der Waals surface area contributed by atoms with Gasteiger partial charge in [0, 0.05) is 36.2 Å². The molecule has 0 aliphatic carbocycles. The number of pyridine rings is 1. The summed E-state index contributed by atoms with van der Waals surface area (Å²) in [6, 6.07) is 21.8. The van der Waals surface area contributed by atoms with Gasteiger partial charge in [-0.25, -0.2) is 0 Å². The number of carbonyl (C=O) groups excluding carboxylic acids is 1. The van der Waals surface area contributed by atoms with Gasteiger partial charge < -0.3 is 14.6 Å². The summed E-state index contributed by atoms with van der Waals surface area (Å²) < 4.78 is 7.89. The van der Waals surface area contributed by atoms with Crippen LogP contribution in [0.1, 0.15) is 12.0 Å². The van der Waals surface area contributed by atoms with Crippen LogP contribution in [0.25, 0.3) is 16.6 Å². The van der Waals surface area contributed by atoms with Gasteiger partial charge in [0.15, 0.2) is 0 Å². The lowest BCUT2D eigenvalue weighted by Gasteiger charge is -2.09. The number of rotatable bonds is 8. The first kappa shape index (κ1) is 18.7. The molecule has 146 valence electrons. The van der Waals surface area contributed by atoms with Gasteiger partial charge in [0.05, 0.1) is 13.0 Å². The quantitative estimate of drug-likeness (QED) is 0.464. The third kappa shape index (κ3) is 4.82. The summed E-state index contributed by atoms with van der Waals surface area (Å²) in [7, 11) is 0. The van der Waals surface area contributed by atoms with E-state index in [0.29, 0.717) is 19.6 Å². The molecule has 1 amide bonds. The second-order valence-corrected chi connectivity index (χ2v) is 6.82. The Labute approximate surface area is 170 Å². The number of para-hydroxylation sites is 1. The Kier molecular flexibility index (Phi) is 5.86. The number of hydrogen-bond donors (Lipinski definition) is 1. The van der Waals surface area contributed by atoms with Crippen molar-refractivity contribution in [3.8, 4) is 11.4 Å². The number of nitrogens with one attached hydrogen (secondary N) is 1. The molecule has 5 heteroatoms. The molecule has 2 aromatic heterocycles. The standard InChI is InChI=1S/C24H23N3O2/c28-23(18-19-9-11-21(12-10-19)27-15-1-2-16-27)25-14-5-17-29-22-8-3-6-20-7-4-13-26-24(20)22/h1-4,6-13,15-16H,5,14,17-18H2,(H,25,28). The van der Waals surface area contributed by atoms with Gasteiger partial charge in [-0.15, -0.1) is 0 Å². The van der Waals surface area contributed by atoms with E-state index >= 15 is 0 Å². The van der Waals surface area contributed by atoms with Gasteiger partial charge in [0.2, 0.25) is 5.91 Å². The summed E-state index contributed by atoms with van der Waals surface area (Å²) in [5.41, 5.74) is 2.94. The molecule has 0 fully saturated rings. The highest BCUT2D eigenvalue weighted by Crippen LogP contribution is 2.22. The van der Waals surface area contributed by atoms with Gasteiger partial charge >= 0.3 is 0 Å². The van der Waals surface area contributed by atoms with Crippen LogP contribution in [0.15, 0.2) is 85.3 Å². The maximum absolute atomic E-state index is 12.2. The van der Waals surface area contributed by atoms with Gasteiger partial charge in [0.25, 0.3) is 0 Å². The van der Waals surface area contributed by atoms with E-state index in [2.05, 4.69) is 10.3 Å². The van der Waals surface area contributed by atoms with Crippen molar-refractivity contribution in [1.29, 1.82) is 0 Å². The van der Waals surface area contributed by atoms with Crippen molar-refractivity contribution in [3.05, 3.63) is 90.9 Å². The number of hydrogen-bond acceptors (Lipinski definition) is 3. The minimum absolute atomic E-state index is 0.0190. The molecule has 29 heavy (non-hydrogen) atoms. The predicted octanol–water partition coefficient (Wildman–Crippen LogP) is 4.15. The SMILES string of the molecule is O=C(Cc1ccc(-n2cccc2)cc1)NCCCOc1cccc2cccnc12. The van der Waals surface area contributed by atoms with E-state index in [1.165, 1.54) is 0 Å². The lowest BCUT2D eigenvalue weighted by molar-refractivity contribution is -0.120. The van der Waals surface area contributed by atoms with E-state index < -0.39 is 0 Å². The van der Waals surface area contributed by atoms with Gasteiger partial charge in [-0.1, -0.05) is 30.3 Å². The molecule has 0 spiro atoms. The monoisotopic (exact) mass is 385 g/mol. The summed E-state index contributed by atoms with van der Waals surface area (Å²) in [4.78, 5) is 16.5. The zero-order valence-electron chi connectivity index (χ0n) is 16.1. The van der Waals surface area contributed by atoms with Crippen molar-refractivity contribution in [2.24, 2.45) is 0 Å². The number of carbonyl (C=O) groups is 1. The van der Waals surface area contributed by atoms with Crippen LogP contribution in [0.4, 0.5) is 0 Å². The van der Waals surface area contributed by atoms with Crippen molar-refractivity contribution in [1.82, 2.24) is 14.9 Å². The Morgan fingerprint density at radius 3 is 2.59 bits per heavy atom. The van der Waals surface area contributed by atoms with E-state index in [4.69, 9.17) is 4.74 Å². The largest absolute Gasteiger partial charge is 0.491 e. The Hall–Kier alpha value is -3.60. The molecule has 0 bridgehead atoms. The zero-order chi connectivity index (χ0) is 19.9. The fourth-order valence-electron chi connectivity index (χ4n) is 3.22. The van der Waals surface area contributed by atoms with Crippen molar-refractivity contribution in [3.63, 3.8) is 0 Å². The summed E-state index contributed by atoms with van der Waals surface area (Å²) in [5, 5.41) is 4.01. The molecule has 2 heterocycles. The van der Waals surface area contributed by atoms with Gasteiger partial charge in [-0.05, 0) is 48.4 Å². The van der Waals surface area contributed by atoms with Crippen LogP contribution in [0, 0.1) is 0 Å². The fourth-order valence-corrected chi connectivity index (χ4v) is 3.22. The number of ether oxygens (including phenoxy) is 1. The summed E-state index contributed by atoms with van der Waals surface area (Å²) in [5.74, 6) is 0.794. The van der Waals surface area contributed by atoms with E-state index in [0.717, 1.165) is 34.3 Å². The molecule has 4 aromatic rings. The van der Waals surface area contributed by atoms with Gasteiger partial charge in [-0.3, -0.25) is 9.78 Å². The smallest absolute Gasteiger partial charge is 0.224 e. The molecular formula is C24H23N3O2. The van der Waals surface area contributed by atoms with Crippen LogP contribution in [0.5, 0.6) is 5.75 Å². The van der Waals surface area contributed by atoms with Crippen LogP contribution >= 0.6 is 0 Å². The minimum Gasteiger partial charge on any atom is -0.491 e. The first-order valence-corrected chi connectivity index (χ1v) is 9.75. The average Bonchev–Trinajstić information content (AvgIpc) is 3.29.